The van der Waals surface area contributed by atoms with E-state index in [1.54, 1.807) is 18.2 Å². The fourth-order valence-electron chi connectivity index (χ4n) is 3.51. The first-order valence-electron chi connectivity index (χ1n) is 9.41. The zero-order valence-corrected chi connectivity index (χ0v) is 15.4. The lowest BCUT2D eigenvalue weighted by Gasteiger charge is -2.27. The lowest BCUT2D eigenvalue weighted by atomic mass is 10.0. The minimum atomic E-state index is -0.448. The largest absolute Gasteiger partial charge is 0.352 e. The molecular formula is C21H25N3O3. The summed E-state index contributed by atoms with van der Waals surface area (Å²) in [4.78, 5) is 25.4. The van der Waals surface area contributed by atoms with E-state index in [1.165, 1.54) is 30.9 Å². The second-order valence-corrected chi connectivity index (χ2v) is 6.94. The summed E-state index contributed by atoms with van der Waals surface area (Å²) < 4.78 is 0. The summed E-state index contributed by atoms with van der Waals surface area (Å²) in [6.45, 7) is 3.58. The first-order valence-corrected chi connectivity index (χ1v) is 9.41. The van der Waals surface area contributed by atoms with E-state index in [4.69, 9.17) is 0 Å². The molecule has 1 amide bonds. The van der Waals surface area contributed by atoms with Crippen LogP contribution in [0.3, 0.4) is 0 Å². The van der Waals surface area contributed by atoms with Crippen LogP contribution in [0.1, 0.15) is 36.0 Å². The number of hydrogen-bond donors (Lipinski definition) is 1. The topological polar surface area (TPSA) is 75.5 Å². The Morgan fingerprint density at radius 3 is 2.30 bits per heavy atom. The molecule has 1 N–H and O–H groups in total. The lowest BCUT2D eigenvalue weighted by molar-refractivity contribution is -0.385. The number of carbonyl (C=O) groups excluding carboxylic acids is 1. The smallest absolute Gasteiger partial charge is 0.273 e. The van der Waals surface area contributed by atoms with Gasteiger partial charge in [-0.15, -0.1) is 0 Å². The number of nitro benzene ring substituents is 1. The predicted octanol–water partition coefficient (Wildman–Crippen LogP) is 3.44. The highest BCUT2D eigenvalue weighted by molar-refractivity contribution is 5.79. The molecular weight excluding hydrogens is 342 g/mol. The van der Waals surface area contributed by atoms with Gasteiger partial charge in [-0.3, -0.25) is 19.8 Å². The third-order valence-corrected chi connectivity index (χ3v) is 4.98. The monoisotopic (exact) mass is 367 g/mol. The van der Waals surface area contributed by atoms with Crippen LogP contribution in [0.2, 0.25) is 0 Å². The molecule has 27 heavy (non-hydrogen) atoms. The molecule has 2 aromatic carbocycles. The average molecular weight is 367 g/mol. The summed E-state index contributed by atoms with van der Waals surface area (Å²) in [5.74, 6) is -0.211. The van der Waals surface area contributed by atoms with Crippen molar-refractivity contribution in [1.82, 2.24) is 10.2 Å². The number of carbonyl (C=O) groups is 1. The number of para-hydroxylation sites is 1. The molecule has 2 aromatic rings. The Kier molecular flexibility index (Phi) is 6.54. The van der Waals surface area contributed by atoms with Crippen LogP contribution < -0.4 is 5.32 Å². The number of nitrogens with zero attached hydrogens (tertiary/aromatic N) is 2. The molecule has 0 bridgehead atoms. The predicted molar refractivity (Wildman–Crippen MR) is 104 cm³/mol. The molecule has 3 rings (SSSR count). The van der Waals surface area contributed by atoms with Crippen LogP contribution >= 0.6 is 0 Å². The van der Waals surface area contributed by atoms with Gasteiger partial charge < -0.3 is 5.32 Å². The van der Waals surface area contributed by atoms with E-state index >= 15 is 0 Å². The van der Waals surface area contributed by atoms with Crippen molar-refractivity contribution in [1.29, 1.82) is 0 Å². The Hall–Kier alpha value is -2.73. The fourth-order valence-corrected chi connectivity index (χ4v) is 3.51. The summed E-state index contributed by atoms with van der Waals surface area (Å²) in [6, 6.07) is 14.5. The van der Waals surface area contributed by atoms with E-state index in [0.717, 1.165) is 25.2 Å². The highest BCUT2D eigenvalue weighted by Crippen LogP contribution is 2.19. The van der Waals surface area contributed by atoms with E-state index in [0.29, 0.717) is 12.1 Å². The van der Waals surface area contributed by atoms with Crippen LogP contribution in [0.4, 0.5) is 5.69 Å². The first kappa shape index (κ1) is 19.0. The fraction of sp³-hybridized carbons (Fsp3) is 0.381. The molecule has 0 radical (unpaired) electrons. The molecule has 0 atom stereocenters. The van der Waals surface area contributed by atoms with Crippen LogP contribution in [0, 0.1) is 10.1 Å². The maximum absolute atomic E-state index is 12.3. The van der Waals surface area contributed by atoms with Gasteiger partial charge in [0.15, 0.2) is 0 Å². The van der Waals surface area contributed by atoms with E-state index in [1.807, 2.05) is 18.2 Å². The van der Waals surface area contributed by atoms with Gasteiger partial charge in [0, 0.05) is 24.7 Å². The number of piperidine rings is 1. The van der Waals surface area contributed by atoms with E-state index < -0.39 is 4.92 Å². The van der Waals surface area contributed by atoms with Crippen LogP contribution in [-0.2, 0) is 24.3 Å². The van der Waals surface area contributed by atoms with Crippen molar-refractivity contribution in [2.75, 3.05) is 13.1 Å². The number of likely N-dealkylation sites (tertiary alicyclic amines) is 1. The molecule has 0 unspecified atom stereocenters. The van der Waals surface area contributed by atoms with Gasteiger partial charge in [-0.2, -0.15) is 0 Å². The molecule has 0 spiro atoms. The third-order valence-electron chi connectivity index (χ3n) is 4.98. The Morgan fingerprint density at radius 1 is 0.963 bits per heavy atom. The number of amides is 1. The van der Waals surface area contributed by atoms with Crippen molar-refractivity contribution in [2.24, 2.45) is 0 Å². The van der Waals surface area contributed by atoms with Crippen molar-refractivity contribution >= 4 is 11.6 Å². The molecule has 0 aliphatic carbocycles. The van der Waals surface area contributed by atoms with Gasteiger partial charge in [0.05, 0.1) is 11.3 Å². The molecule has 1 aliphatic heterocycles. The van der Waals surface area contributed by atoms with Crippen molar-refractivity contribution < 1.29 is 9.72 Å². The maximum Gasteiger partial charge on any atom is 0.273 e. The van der Waals surface area contributed by atoms with Crippen LogP contribution in [0.5, 0.6) is 0 Å². The molecule has 1 fully saturated rings. The maximum atomic E-state index is 12.3. The Balaban J connectivity index is 1.60. The average Bonchev–Trinajstić information content (AvgIpc) is 2.68. The molecule has 1 saturated heterocycles. The van der Waals surface area contributed by atoms with Gasteiger partial charge in [0.2, 0.25) is 5.91 Å². The Bertz CT molecular complexity index is 801. The molecule has 0 aromatic heterocycles. The molecule has 6 nitrogen and oxygen atoms in total. The van der Waals surface area contributed by atoms with Crippen molar-refractivity contribution in [3.8, 4) is 0 Å². The van der Waals surface area contributed by atoms with Crippen LogP contribution in [0.15, 0.2) is 48.5 Å². The van der Waals surface area contributed by atoms with Crippen LogP contribution in [0.25, 0.3) is 0 Å². The molecule has 1 aliphatic rings. The second-order valence-electron chi connectivity index (χ2n) is 6.94. The Morgan fingerprint density at radius 2 is 1.59 bits per heavy atom. The highest BCUT2D eigenvalue weighted by Gasteiger charge is 2.16. The number of rotatable bonds is 7. The third kappa shape index (κ3) is 5.37. The summed E-state index contributed by atoms with van der Waals surface area (Å²) in [6.07, 6.45) is 3.80. The van der Waals surface area contributed by atoms with Gasteiger partial charge in [0.25, 0.3) is 5.69 Å². The van der Waals surface area contributed by atoms with E-state index in [2.05, 4.69) is 16.3 Å². The van der Waals surface area contributed by atoms with Gasteiger partial charge in [0.1, 0.15) is 0 Å². The number of nitro groups is 1. The second kappa shape index (κ2) is 9.28. The summed E-state index contributed by atoms with van der Waals surface area (Å²) in [7, 11) is 0. The first-order chi connectivity index (χ1) is 13.1. The van der Waals surface area contributed by atoms with Gasteiger partial charge >= 0.3 is 0 Å². The molecule has 142 valence electrons. The summed E-state index contributed by atoms with van der Waals surface area (Å²) >= 11 is 0. The van der Waals surface area contributed by atoms with E-state index in [-0.39, 0.29) is 18.0 Å². The minimum absolute atomic E-state index is 0.00540. The van der Waals surface area contributed by atoms with Crippen molar-refractivity contribution in [3.63, 3.8) is 0 Å². The van der Waals surface area contributed by atoms with Crippen LogP contribution in [-0.4, -0.2) is 28.8 Å². The zero-order chi connectivity index (χ0) is 19.1. The Labute approximate surface area is 159 Å². The van der Waals surface area contributed by atoms with Crippen molar-refractivity contribution in [2.45, 2.75) is 38.8 Å². The van der Waals surface area contributed by atoms with Gasteiger partial charge in [-0.25, -0.2) is 0 Å². The summed E-state index contributed by atoms with van der Waals surface area (Å²) in [5, 5.41) is 14.0. The summed E-state index contributed by atoms with van der Waals surface area (Å²) in [5.41, 5.74) is 2.74. The highest BCUT2D eigenvalue weighted by atomic mass is 16.6. The molecule has 0 saturated carbocycles. The minimum Gasteiger partial charge on any atom is -0.352 e. The quantitative estimate of drug-likeness (QED) is 0.601. The van der Waals surface area contributed by atoms with E-state index in [9.17, 15) is 14.9 Å². The number of nitrogens with one attached hydrogen (secondary N) is 1. The van der Waals surface area contributed by atoms with Gasteiger partial charge in [-0.05, 0) is 37.1 Å². The standard InChI is InChI=1S/C21H25N3O3/c25-21(14-17-8-4-5-11-20(17)24(26)27)22-15-18-9-2-3-10-19(18)16-23-12-6-1-7-13-23/h2-5,8-11H,1,6-7,12-16H2,(H,22,25). The lowest BCUT2D eigenvalue weighted by Crippen LogP contribution is -2.30. The normalized spacial score (nSPS) is 14.7. The van der Waals surface area contributed by atoms with Crippen molar-refractivity contribution in [3.05, 3.63) is 75.3 Å². The number of benzene rings is 2. The zero-order valence-electron chi connectivity index (χ0n) is 15.4. The number of hydrogen-bond acceptors (Lipinski definition) is 4. The molecule has 6 heteroatoms. The SMILES string of the molecule is O=C(Cc1ccccc1[N+](=O)[O-])NCc1ccccc1CN1CCCCC1. The molecule has 1 heterocycles. The van der Waals surface area contributed by atoms with Gasteiger partial charge in [-0.1, -0.05) is 48.9 Å².